The fraction of sp³-hybridized carbons (Fsp3) is 0.533. The molecule has 0 heterocycles. The molecule has 1 fully saturated rings. The topological polar surface area (TPSA) is 46.5 Å². The predicted octanol–water partition coefficient (Wildman–Crippen LogP) is 4.24. The van der Waals surface area contributed by atoms with Crippen molar-refractivity contribution in [1.82, 2.24) is 0 Å². The summed E-state index contributed by atoms with van der Waals surface area (Å²) in [5, 5.41) is 9.55. The standard InChI is InChI=1S/C15H19ClO3/c1-9-6-10(2)8-11(7-9)19-14-12(15(17)18)4-3-5-13(14)16/h3-5,9-11H,6-8H2,1-2H3,(H,17,18). The summed E-state index contributed by atoms with van der Waals surface area (Å²) in [6.07, 6.45) is 3.16. The van der Waals surface area contributed by atoms with E-state index in [9.17, 15) is 9.90 Å². The van der Waals surface area contributed by atoms with Crippen molar-refractivity contribution in [3.63, 3.8) is 0 Å². The van der Waals surface area contributed by atoms with E-state index >= 15 is 0 Å². The highest BCUT2D eigenvalue weighted by molar-refractivity contribution is 6.32. The summed E-state index contributed by atoms with van der Waals surface area (Å²) in [5.41, 5.74) is 0.137. The van der Waals surface area contributed by atoms with E-state index in [-0.39, 0.29) is 11.7 Å². The Kier molecular flexibility index (Phi) is 4.35. The Morgan fingerprint density at radius 1 is 1.26 bits per heavy atom. The third kappa shape index (κ3) is 3.41. The summed E-state index contributed by atoms with van der Waals surface area (Å²) >= 11 is 6.08. The summed E-state index contributed by atoms with van der Waals surface area (Å²) in [5.74, 6) is 0.506. The second-order valence-electron chi connectivity index (χ2n) is 5.58. The van der Waals surface area contributed by atoms with Gasteiger partial charge in [0.1, 0.15) is 5.56 Å². The van der Waals surface area contributed by atoms with Gasteiger partial charge in [-0.05, 0) is 43.2 Å². The molecule has 19 heavy (non-hydrogen) atoms. The maximum absolute atomic E-state index is 11.2. The number of aromatic carboxylic acids is 1. The van der Waals surface area contributed by atoms with Crippen molar-refractivity contribution in [3.8, 4) is 5.75 Å². The van der Waals surface area contributed by atoms with Crippen molar-refractivity contribution in [2.75, 3.05) is 0 Å². The van der Waals surface area contributed by atoms with Gasteiger partial charge < -0.3 is 9.84 Å². The van der Waals surface area contributed by atoms with Crippen LogP contribution in [0.1, 0.15) is 43.5 Å². The lowest BCUT2D eigenvalue weighted by molar-refractivity contribution is 0.0676. The minimum atomic E-state index is -1.01. The molecule has 3 nitrogen and oxygen atoms in total. The molecule has 104 valence electrons. The zero-order valence-corrected chi connectivity index (χ0v) is 12.0. The molecule has 0 spiro atoms. The van der Waals surface area contributed by atoms with Crippen LogP contribution in [0.2, 0.25) is 5.02 Å². The smallest absolute Gasteiger partial charge is 0.339 e. The number of carboxylic acid groups (broad SMARTS) is 1. The van der Waals surface area contributed by atoms with E-state index in [0.29, 0.717) is 22.6 Å². The lowest BCUT2D eigenvalue weighted by atomic mass is 9.82. The van der Waals surface area contributed by atoms with Gasteiger partial charge in [0.2, 0.25) is 0 Å². The molecule has 0 amide bonds. The van der Waals surface area contributed by atoms with Gasteiger partial charge in [0.15, 0.2) is 5.75 Å². The lowest BCUT2D eigenvalue weighted by Gasteiger charge is -2.32. The number of carboxylic acids is 1. The molecule has 1 aromatic rings. The number of hydrogen-bond acceptors (Lipinski definition) is 2. The first kappa shape index (κ1) is 14.2. The van der Waals surface area contributed by atoms with E-state index in [2.05, 4.69) is 13.8 Å². The molecule has 2 atom stereocenters. The van der Waals surface area contributed by atoms with Gasteiger partial charge >= 0.3 is 5.97 Å². The molecule has 4 heteroatoms. The molecule has 1 aromatic carbocycles. The van der Waals surface area contributed by atoms with Gasteiger partial charge in [-0.15, -0.1) is 0 Å². The Morgan fingerprint density at radius 2 is 1.89 bits per heavy atom. The molecule has 0 aliphatic heterocycles. The van der Waals surface area contributed by atoms with Crippen molar-refractivity contribution < 1.29 is 14.6 Å². The van der Waals surface area contributed by atoms with Gasteiger partial charge in [0, 0.05) is 0 Å². The number of ether oxygens (including phenoxy) is 1. The normalized spacial score (nSPS) is 27.0. The van der Waals surface area contributed by atoms with E-state index < -0.39 is 5.97 Å². The molecule has 0 radical (unpaired) electrons. The van der Waals surface area contributed by atoms with Crippen LogP contribution < -0.4 is 4.74 Å². The number of halogens is 1. The number of benzene rings is 1. The molecular formula is C15H19ClO3. The molecule has 1 saturated carbocycles. The van der Waals surface area contributed by atoms with Crippen molar-refractivity contribution in [3.05, 3.63) is 28.8 Å². The average molecular weight is 283 g/mol. The monoisotopic (exact) mass is 282 g/mol. The molecular weight excluding hydrogens is 264 g/mol. The molecule has 0 aromatic heterocycles. The Balaban J connectivity index is 2.21. The van der Waals surface area contributed by atoms with Crippen molar-refractivity contribution in [2.45, 2.75) is 39.2 Å². The fourth-order valence-corrected chi connectivity index (χ4v) is 3.15. The molecule has 1 N–H and O–H groups in total. The predicted molar refractivity (Wildman–Crippen MR) is 75.0 cm³/mol. The molecule has 1 aliphatic carbocycles. The van der Waals surface area contributed by atoms with Crippen molar-refractivity contribution in [2.24, 2.45) is 11.8 Å². The second kappa shape index (κ2) is 5.83. The zero-order chi connectivity index (χ0) is 14.0. The Labute approximate surface area is 118 Å². The second-order valence-corrected chi connectivity index (χ2v) is 5.99. The minimum absolute atomic E-state index is 0.0525. The third-order valence-electron chi connectivity index (χ3n) is 3.62. The Morgan fingerprint density at radius 3 is 2.47 bits per heavy atom. The Bertz CT molecular complexity index is 462. The van der Waals surface area contributed by atoms with Crippen LogP contribution >= 0.6 is 11.6 Å². The van der Waals surface area contributed by atoms with Crippen LogP contribution in [0.15, 0.2) is 18.2 Å². The first-order valence-corrected chi connectivity index (χ1v) is 7.03. The van der Waals surface area contributed by atoms with Crippen LogP contribution in [0.25, 0.3) is 0 Å². The first-order chi connectivity index (χ1) is 8.97. The van der Waals surface area contributed by atoms with E-state index in [0.717, 1.165) is 12.8 Å². The molecule has 0 bridgehead atoms. The maximum Gasteiger partial charge on any atom is 0.339 e. The van der Waals surface area contributed by atoms with E-state index in [1.54, 1.807) is 12.1 Å². The van der Waals surface area contributed by atoms with E-state index in [1.165, 1.54) is 12.5 Å². The van der Waals surface area contributed by atoms with Gasteiger partial charge in [0.25, 0.3) is 0 Å². The van der Waals surface area contributed by atoms with Gasteiger partial charge in [-0.3, -0.25) is 0 Å². The molecule has 2 unspecified atom stereocenters. The quantitative estimate of drug-likeness (QED) is 0.902. The van der Waals surface area contributed by atoms with Gasteiger partial charge in [-0.25, -0.2) is 4.79 Å². The number of rotatable bonds is 3. The zero-order valence-electron chi connectivity index (χ0n) is 11.2. The summed E-state index contributed by atoms with van der Waals surface area (Å²) in [7, 11) is 0. The van der Waals surface area contributed by atoms with Gasteiger partial charge in [0.05, 0.1) is 11.1 Å². The van der Waals surface area contributed by atoms with Crippen LogP contribution in [0.4, 0.5) is 0 Å². The summed E-state index contributed by atoms with van der Waals surface area (Å²) in [6.45, 7) is 4.41. The highest BCUT2D eigenvalue weighted by Gasteiger charge is 2.27. The fourth-order valence-electron chi connectivity index (χ4n) is 2.93. The van der Waals surface area contributed by atoms with Crippen LogP contribution in [0.5, 0.6) is 5.75 Å². The maximum atomic E-state index is 11.2. The van der Waals surface area contributed by atoms with Crippen LogP contribution in [-0.4, -0.2) is 17.2 Å². The van der Waals surface area contributed by atoms with Gasteiger partial charge in [-0.1, -0.05) is 31.5 Å². The number of carbonyl (C=O) groups is 1. The largest absolute Gasteiger partial charge is 0.488 e. The van der Waals surface area contributed by atoms with Crippen LogP contribution in [-0.2, 0) is 0 Å². The average Bonchev–Trinajstić information content (AvgIpc) is 2.30. The summed E-state index contributed by atoms with van der Waals surface area (Å²) in [4.78, 5) is 11.2. The highest BCUT2D eigenvalue weighted by Crippen LogP contribution is 2.35. The van der Waals surface area contributed by atoms with Crippen molar-refractivity contribution in [1.29, 1.82) is 0 Å². The number of para-hydroxylation sites is 1. The molecule has 0 saturated heterocycles. The third-order valence-corrected chi connectivity index (χ3v) is 3.91. The SMILES string of the molecule is CC1CC(C)CC(Oc2c(Cl)cccc2C(=O)O)C1. The van der Waals surface area contributed by atoms with Gasteiger partial charge in [-0.2, -0.15) is 0 Å². The lowest BCUT2D eigenvalue weighted by Crippen LogP contribution is -2.29. The minimum Gasteiger partial charge on any atom is -0.488 e. The summed E-state index contributed by atoms with van der Waals surface area (Å²) < 4.78 is 5.91. The molecule has 2 rings (SSSR count). The summed E-state index contributed by atoms with van der Waals surface area (Å²) in [6, 6.07) is 4.82. The number of hydrogen-bond donors (Lipinski definition) is 1. The van der Waals surface area contributed by atoms with Crippen LogP contribution in [0.3, 0.4) is 0 Å². The van der Waals surface area contributed by atoms with E-state index in [1.807, 2.05) is 0 Å². The molecule has 1 aliphatic rings. The first-order valence-electron chi connectivity index (χ1n) is 6.65. The highest BCUT2D eigenvalue weighted by atomic mass is 35.5. The van der Waals surface area contributed by atoms with Crippen LogP contribution in [0, 0.1) is 11.8 Å². The van der Waals surface area contributed by atoms with Crippen molar-refractivity contribution >= 4 is 17.6 Å². The van der Waals surface area contributed by atoms with E-state index in [4.69, 9.17) is 16.3 Å². The Hall–Kier alpha value is -1.22.